The molecule has 1 aliphatic carbocycles. The Morgan fingerprint density at radius 2 is 2.00 bits per heavy atom. The lowest BCUT2D eigenvalue weighted by Gasteiger charge is -2.31. The average Bonchev–Trinajstić information content (AvgIpc) is 2.51. The number of rotatable bonds is 1. The fourth-order valence-electron chi connectivity index (χ4n) is 2.03. The van der Waals surface area contributed by atoms with Gasteiger partial charge in [0, 0.05) is 12.8 Å². The van der Waals surface area contributed by atoms with Crippen molar-refractivity contribution >= 4 is 5.97 Å². The van der Waals surface area contributed by atoms with E-state index in [0.717, 1.165) is 25.7 Å². The highest BCUT2D eigenvalue weighted by Crippen LogP contribution is 2.37. The molecule has 0 radical (unpaired) electrons. The fraction of sp³-hybridized carbons (Fsp3) is 0.889. The molecule has 0 aromatic heterocycles. The molecule has 1 heterocycles. The largest absolute Gasteiger partial charge is 0.479 e. The van der Waals surface area contributed by atoms with Crippen molar-refractivity contribution in [3.8, 4) is 0 Å². The Labute approximate surface area is 76.8 Å². The van der Waals surface area contributed by atoms with Gasteiger partial charge in [0.05, 0.1) is 6.61 Å². The van der Waals surface area contributed by atoms with Crippen LogP contribution in [0.25, 0.3) is 0 Å². The molecule has 4 nitrogen and oxygen atoms in total. The van der Waals surface area contributed by atoms with E-state index in [4.69, 9.17) is 14.6 Å². The molecule has 1 saturated heterocycles. The van der Waals surface area contributed by atoms with Crippen LogP contribution in [0.3, 0.4) is 0 Å². The molecule has 1 atom stereocenters. The smallest absolute Gasteiger partial charge is 0.335 e. The van der Waals surface area contributed by atoms with E-state index in [1.54, 1.807) is 0 Å². The van der Waals surface area contributed by atoms with E-state index in [-0.39, 0.29) is 6.61 Å². The third-order valence-corrected chi connectivity index (χ3v) is 2.75. The minimum absolute atomic E-state index is 0.204. The van der Waals surface area contributed by atoms with Crippen LogP contribution in [0.15, 0.2) is 0 Å². The number of aliphatic carboxylic acids is 1. The van der Waals surface area contributed by atoms with Crippen molar-refractivity contribution < 1.29 is 19.4 Å². The fourth-order valence-corrected chi connectivity index (χ4v) is 2.03. The van der Waals surface area contributed by atoms with E-state index >= 15 is 0 Å². The molecule has 2 rings (SSSR count). The van der Waals surface area contributed by atoms with Crippen LogP contribution in [0.2, 0.25) is 0 Å². The van der Waals surface area contributed by atoms with Gasteiger partial charge in [-0.25, -0.2) is 4.79 Å². The van der Waals surface area contributed by atoms with E-state index in [0.29, 0.717) is 0 Å². The minimum Gasteiger partial charge on any atom is -0.479 e. The summed E-state index contributed by atoms with van der Waals surface area (Å²) < 4.78 is 10.9. The van der Waals surface area contributed by atoms with Gasteiger partial charge < -0.3 is 14.6 Å². The second kappa shape index (κ2) is 3.27. The number of carbonyl (C=O) groups is 1. The van der Waals surface area contributed by atoms with Crippen LogP contribution in [-0.4, -0.2) is 29.6 Å². The molecule has 0 aromatic rings. The second-order valence-electron chi connectivity index (χ2n) is 3.73. The average molecular weight is 186 g/mol. The molecule has 1 saturated carbocycles. The Morgan fingerprint density at radius 3 is 2.54 bits per heavy atom. The number of hydrogen-bond donors (Lipinski definition) is 1. The predicted molar refractivity (Wildman–Crippen MR) is 44.3 cm³/mol. The summed E-state index contributed by atoms with van der Waals surface area (Å²) in [4.78, 5) is 10.6. The first-order valence-corrected chi connectivity index (χ1v) is 4.76. The maximum atomic E-state index is 10.6. The molecule has 74 valence electrons. The van der Waals surface area contributed by atoms with Gasteiger partial charge in [0.15, 0.2) is 11.9 Å². The molecule has 4 heteroatoms. The van der Waals surface area contributed by atoms with E-state index in [1.165, 1.54) is 6.42 Å². The van der Waals surface area contributed by atoms with Gasteiger partial charge in [-0.15, -0.1) is 0 Å². The van der Waals surface area contributed by atoms with Gasteiger partial charge >= 0.3 is 5.97 Å². The lowest BCUT2D eigenvalue weighted by molar-refractivity contribution is -0.194. The van der Waals surface area contributed by atoms with Crippen molar-refractivity contribution in [1.82, 2.24) is 0 Å². The SMILES string of the molecule is O=C(O)[C@@H]1COC2(CCCCC2)O1. The van der Waals surface area contributed by atoms with Crippen LogP contribution in [0.1, 0.15) is 32.1 Å². The van der Waals surface area contributed by atoms with E-state index in [9.17, 15) is 4.79 Å². The summed E-state index contributed by atoms with van der Waals surface area (Å²) in [5.74, 6) is -1.47. The molecule has 1 spiro atoms. The van der Waals surface area contributed by atoms with Crippen LogP contribution in [0.5, 0.6) is 0 Å². The van der Waals surface area contributed by atoms with Crippen LogP contribution in [-0.2, 0) is 14.3 Å². The van der Waals surface area contributed by atoms with Gasteiger partial charge in [0.1, 0.15) is 0 Å². The number of carboxylic acids is 1. The van der Waals surface area contributed by atoms with Gasteiger partial charge in [-0.2, -0.15) is 0 Å². The third-order valence-electron chi connectivity index (χ3n) is 2.75. The Kier molecular flexibility index (Phi) is 2.26. The van der Waals surface area contributed by atoms with Crippen molar-refractivity contribution in [3.63, 3.8) is 0 Å². The van der Waals surface area contributed by atoms with Gasteiger partial charge in [-0.1, -0.05) is 6.42 Å². The maximum Gasteiger partial charge on any atom is 0.335 e. The van der Waals surface area contributed by atoms with Crippen LogP contribution in [0, 0.1) is 0 Å². The second-order valence-corrected chi connectivity index (χ2v) is 3.73. The Hall–Kier alpha value is -0.610. The van der Waals surface area contributed by atoms with Crippen molar-refractivity contribution in [3.05, 3.63) is 0 Å². The number of ether oxygens (including phenoxy) is 2. The summed E-state index contributed by atoms with van der Waals surface area (Å²) in [6.45, 7) is 0.204. The molecule has 0 amide bonds. The first-order valence-electron chi connectivity index (χ1n) is 4.76. The van der Waals surface area contributed by atoms with Crippen molar-refractivity contribution in [1.29, 1.82) is 0 Å². The van der Waals surface area contributed by atoms with Gasteiger partial charge in [0.25, 0.3) is 0 Å². The van der Waals surface area contributed by atoms with Crippen LogP contribution < -0.4 is 0 Å². The van der Waals surface area contributed by atoms with Gasteiger partial charge in [-0.05, 0) is 12.8 Å². The van der Waals surface area contributed by atoms with Crippen molar-refractivity contribution in [2.75, 3.05) is 6.61 Å². The quantitative estimate of drug-likeness (QED) is 0.667. The molecule has 1 N–H and O–H groups in total. The highest BCUT2D eigenvalue weighted by Gasteiger charge is 2.44. The topological polar surface area (TPSA) is 55.8 Å². The lowest BCUT2D eigenvalue weighted by atomic mass is 9.94. The standard InChI is InChI=1S/C9H14O4/c10-8(11)7-6-12-9(13-7)4-2-1-3-5-9/h7H,1-6H2,(H,10,11)/t7-/m0/s1. The Morgan fingerprint density at radius 1 is 1.31 bits per heavy atom. The minimum atomic E-state index is -0.914. The van der Waals surface area contributed by atoms with E-state index in [1.807, 2.05) is 0 Å². The normalized spacial score (nSPS) is 32.2. The molecule has 13 heavy (non-hydrogen) atoms. The van der Waals surface area contributed by atoms with Crippen LogP contribution >= 0.6 is 0 Å². The van der Waals surface area contributed by atoms with E-state index < -0.39 is 17.9 Å². The first kappa shape index (κ1) is 8.97. The maximum absolute atomic E-state index is 10.6. The zero-order chi connectivity index (χ0) is 9.31. The summed E-state index contributed by atoms with van der Waals surface area (Å²) in [5, 5.41) is 8.72. The lowest BCUT2D eigenvalue weighted by Crippen LogP contribution is -2.34. The molecule has 0 bridgehead atoms. The Balaban J connectivity index is 1.98. The first-order chi connectivity index (χ1) is 6.22. The monoisotopic (exact) mass is 186 g/mol. The highest BCUT2D eigenvalue weighted by atomic mass is 16.8. The van der Waals surface area contributed by atoms with Crippen molar-refractivity contribution in [2.24, 2.45) is 0 Å². The zero-order valence-electron chi connectivity index (χ0n) is 7.49. The number of hydrogen-bond acceptors (Lipinski definition) is 3. The van der Waals surface area contributed by atoms with Crippen LogP contribution in [0.4, 0.5) is 0 Å². The van der Waals surface area contributed by atoms with Gasteiger partial charge in [-0.3, -0.25) is 0 Å². The molecule has 2 aliphatic rings. The number of carboxylic acid groups (broad SMARTS) is 1. The van der Waals surface area contributed by atoms with Crippen molar-refractivity contribution in [2.45, 2.75) is 44.0 Å². The summed E-state index contributed by atoms with van der Waals surface area (Å²) >= 11 is 0. The predicted octanol–water partition coefficient (Wildman–Crippen LogP) is 1.15. The highest BCUT2D eigenvalue weighted by molar-refractivity contribution is 5.72. The molecule has 1 aliphatic heterocycles. The molecule has 0 unspecified atom stereocenters. The summed E-state index contributed by atoms with van der Waals surface area (Å²) in [6, 6.07) is 0. The third kappa shape index (κ3) is 1.69. The molecular weight excluding hydrogens is 172 g/mol. The van der Waals surface area contributed by atoms with E-state index in [2.05, 4.69) is 0 Å². The summed E-state index contributed by atoms with van der Waals surface area (Å²) in [5.41, 5.74) is 0. The molecule has 0 aromatic carbocycles. The zero-order valence-corrected chi connectivity index (χ0v) is 7.49. The summed E-state index contributed by atoms with van der Waals surface area (Å²) in [7, 11) is 0. The Bertz CT molecular complexity index is 208. The molecule has 2 fully saturated rings. The molecular formula is C9H14O4. The van der Waals surface area contributed by atoms with Gasteiger partial charge in [0.2, 0.25) is 0 Å². The summed E-state index contributed by atoms with van der Waals surface area (Å²) in [6.07, 6.45) is 4.29.